The SMILES string of the molecule is COC(=O)C(N)CCOc1ccc(Cl)cc1. The van der Waals surface area contributed by atoms with Crippen LogP contribution >= 0.6 is 11.6 Å². The topological polar surface area (TPSA) is 61.5 Å². The van der Waals surface area contributed by atoms with Gasteiger partial charge in [-0.2, -0.15) is 0 Å². The van der Waals surface area contributed by atoms with E-state index in [1.54, 1.807) is 24.3 Å². The van der Waals surface area contributed by atoms with Crippen molar-refractivity contribution in [3.63, 3.8) is 0 Å². The molecule has 0 amide bonds. The predicted octanol–water partition coefficient (Wildman–Crippen LogP) is 1.61. The molecule has 1 aromatic carbocycles. The third-order valence-electron chi connectivity index (χ3n) is 2.02. The van der Waals surface area contributed by atoms with Gasteiger partial charge in [-0.3, -0.25) is 4.79 Å². The highest BCUT2D eigenvalue weighted by atomic mass is 35.5. The van der Waals surface area contributed by atoms with Crippen molar-refractivity contribution in [3.05, 3.63) is 29.3 Å². The highest BCUT2D eigenvalue weighted by Crippen LogP contribution is 2.15. The predicted molar refractivity (Wildman–Crippen MR) is 61.6 cm³/mol. The Balaban J connectivity index is 2.30. The number of ether oxygens (including phenoxy) is 2. The number of hydrogen-bond acceptors (Lipinski definition) is 4. The van der Waals surface area contributed by atoms with E-state index >= 15 is 0 Å². The van der Waals surface area contributed by atoms with E-state index in [9.17, 15) is 4.79 Å². The minimum Gasteiger partial charge on any atom is -0.494 e. The molecule has 5 heteroatoms. The Morgan fingerprint density at radius 1 is 1.44 bits per heavy atom. The van der Waals surface area contributed by atoms with E-state index in [2.05, 4.69) is 4.74 Å². The number of rotatable bonds is 5. The monoisotopic (exact) mass is 243 g/mol. The number of benzene rings is 1. The van der Waals surface area contributed by atoms with Gasteiger partial charge < -0.3 is 15.2 Å². The first kappa shape index (κ1) is 12.8. The van der Waals surface area contributed by atoms with Crippen molar-refractivity contribution in [1.29, 1.82) is 0 Å². The van der Waals surface area contributed by atoms with Crippen LogP contribution in [0.15, 0.2) is 24.3 Å². The molecular formula is C11H14ClNO3. The van der Waals surface area contributed by atoms with Crippen LogP contribution in [0.4, 0.5) is 0 Å². The number of carbonyl (C=O) groups is 1. The average Bonchev–Trinajstić information content (AvgIpc) is 2.30. The van der Waals surface area contributed by atoms with Crippen molar-refractivity contribution in [2.75, 3.05) is 13.7 Å². The Morgan fingerprint density at radius 3 is 2.62 bits per heavy atom. The van der Waals surface area contributed by atoms with E-state index in [0.717, 1.165) is 0 Å². The summed E-state index contributed by atoms with van der Waals surface area (Å²) in [5.74, 6) is 0.265. The average molecular weight is 244 g/mol. The summed E-state index contributed by atoms with van der Waals surface area (Å²) in [5, 5.41) is 0.651. The Hall–Kier alpha value is -1.26. The van der Waals surface area contributed by atoms with Gasteiger partial charge in [-0.05, 0) is 24.3 Å². The first-order chi connectivity index (χ1) is 7.63. The first-order valence-electron chi connectivity index (χ1n) is 4.85. The van der Waals surface area contributed by atoms with E-state index in [4.69, 9.17) is 22.1 Å². The maximum Gasteiger partial charge on any atom is 0.322 e. The zero-order chi connectivity index (χ0) is 12.0. The molecule has 2 N–H and O–H groups in total. The Bertz CT molecular complexity index is 340. The van der Waals surface area contributed by atoms with Crippen LogP contribution in [-0.4, -0.2) is 25.7 Å². The Morgan fingerprint density at radius 2 is 2.06 bits per heavy atom. The van der Waals surface area contributed by atoms with Crippen LogP contribution < -0.4 is 10.5 Å². The lowest BCUT2D eigenvalue weighted by molar-refractivity contribution is -0.142. The molecule has 1 unspecified atom stereocenters. The molecular weight excluding hydrogens is 230 g/mol. The zero-order valence-electron chi connectivity index (χ0n) is 8.98. The second-order valence-electron chi connectivity index (χ2n) is 3.22. The summed E-state index contributed by atoms with van der Waals surface area (Å²) in [6.45, 7) is 0.359. The van der Waals surface area contributed by atoms with Crippen LogP contribution in [0.3, 0.4) is 0 Å². The van der Waals surface area contributed by atoms with E-state index in [-0.39, 0.29) is 0 Å². The fourth-order valence-corrected chi connectivity index (χ4v) is 1.23. The molecule has 0 fully saturated rings. The molecule has 0 bridgehead atoms. The van der Waals surface area contributed by atoms with E-state index < -0.39 is 12.0 Å². The summed E-state index contributed by atoms with van der Waals surface area (Å²) in [4.78, 5) is 11.0. The summed E-state index contributed by atoms with van der Waals surface area (Å²) in [6.07, 6.45) is 0.412. The molecule has 0 radical (unpaired) electrons. The van der Waals surface area contributed by atoms with E-state index in [1.807, 2.05) is 0 Å². The summed E-state index contributed by atoms with van der Waals surface area (Å²) in [5.41, 5.74) is 5.54. The van der Waals surface area contributed by atoms with E-state index in [1.165, 1.54) is 7.11 Å². The molecule has 1 atom stereocenters. The molecule has 16 heavy (non-hydrogen) atoms. The normalized spacial score (nSPS) is 11.9. The standard InChI is InChI=1S/C11H14ClNO3/c1-15-11(14)10(13)6-7-16-9-4-2-8(12)3-5-9/h2-5,10H,6-7,13H2,1H3. The molecule has 4 nitrogen and oxygen atoms in total. The number of methoxy groups -OCH3 is 1. The minimum atomic E-state index is -0.641. The molecule has 0 aliphatic heterocycles. The van der Waals surface area contributed by atoms with Crippen LogP contribution in [0, 0.1) is 0 Å². The van der Waals surface area contributed by atoms with Crippen LogP contribution in [0.25, 0.3) is 0 Å². The highest BCUT2D eigenvalue weighted by molar-refractivity contribution is 6.30. The second-order valence-corrected chi connectivity index (χ2v) is 3.66. The Kier molecular flexibility index (Phi) is 5.08. The van der Waals surface area contributed by atoms with Crippen LogP contribution in [-0.2, 0) is 9.53 Å². The van der Waals surface area contributed by atoms with Crippen molar-refractivity contribution in [3.8, 4) is 5.75 Å². The number of esters is 1. The molecule has 1 rings (SSSR count). The zero-order valence-corrected chi connectivity index (χ0v) is 9.74. The summed E-state index contributed by atoms with van der Waals surface area (Å²) in [7, 11) is 1.31. The lowest BCUT2D eigenvalue weighted by atomic mass is 10.2. The number of carbonyl (C=O) groups excluding carboxylic acids is 1. The van der Waals surface area contributed by atoms with Gasteiger partial charge in [0.25, 0.3) is 0 Å². The molecule has 0 saturated carbocycles. The number of nitrogens with two attached hydrogens (primary N) is 1. The third kappa shape index (κ3) is 4.08. The first-order valence-corrected chi connectivity index (χ1v) is 5.23. The lowest BCUT2D eigenvalue weighted by Crippen LogP contribution is -2.33. The van der Waals surface area contributed by atoms with Crippen LogP contribution in [0.2, 0.25) is 5.02 Å². The van der Waals surface area contributed by atoms with E-state index in [0.29, 0.717) is 23.8 Å². The molecule has 1 aromatic rings. The molecule has 88 valence electrons. The van der Waals surface area contributed by atoms with Gasteiger partial charge in [0.05, 0.1) is 13.7 Å². The number of halogens is 1. The molecule has 0 spiro atoms. The molecule has 0 aromatic heterocycles. The van der Waals surface area contributed by atoms with Gasteiger partial charge in [-0.1, -0.05) is 11.6 Å². The number of hydrogen-bond donors (Lipinski definition) is 1. The molecule has 0 heterocycles. The second kappa shape index (κ2) is 6.35. The maximum atomic E-state index is 11.0. The highest BCUT2D eigenvalue weighted by Gasteiger charge is 2.13. The smallest absolute Gasteiger partial charge is 0.322 e. The van der Waals surface area contributed by atoms with Gasteiger partial charge in [0.2, 0.25) is 0 Å². The van der Waals surface area contributed by atoms with Gasteiger partial charge in [0, 0.05) is 11.4 Å². The van der Waals surface area contributed by atoms with Crippen molar-refractivity contribution in [2.24, 2.45) is 5.73 Å². The van der Waals surface area contributed by atoms with Gasteiger partial charge >= 0.3 is 5.97 Å². The lowest BCUT2D eigenvalue weighted by Gasteiger charge is -2.10. The van der Waals surface area contributed by atoms with Crippen molar-refractivity contribution in [1.82, 2.24) is 0 Å². The summed E-state index contributed by atoms with van der Waals surface area (Å²) >= 11 is 5.72. The quantitative estimate of drug-likeness (QED) is 0.799. The van der Waals surface area contributed by atoms with Crippen LogP contribution in [0.1, 0.15) is 6.42 Å². The van der Waals surface area contributed by atoms with Crippen molar-refractivity contribution < 1.29 is 14.3 Å². The van der Waals surface area contributed by atoms with Gasteiger partial charge in [0.15, 0.2) is 0 Å². The fourth-order valence-electron chi connectivity index (χ4n) is 1.10. The maximum absolute atomic E-state index is 11.0. The van der Waals surface area contributed by atoms with Crippen LogP contribution in [0.5, 0.6) is 5.75 Å². The van der Waals surface area contributed by atoms with Crippen molar-refractivity contribution in [2.45, 2.75) is 12.5 Å². The molecule has 0 aliphatic carbocycles. The van der Waals surface area contributed by atoms with Gasteiger partial charge in [-0.15, -0.1) is 0 Å². The fraction of sp³-hybridized carbons (Fsp3) is 0.364. The van der Waals surface area contributed by atoms with Gasteiger partial charge in [0.1, 0.15) is 11.8 Å². The van der Waals surface area contributed by atoms with Crippen molar-refractivity contribution >= 4 is 17.6 Å². The molecule has 0 saturated heterocycles. The summed E-state index contributed by atoms with van der Waals surface area (Å²) in [6, 6.07) is 6.34. The largest absolute Gasteiger partial charge is 0.494 e. The summed E-state index contributed by atoms with van der Waals surface area (Å²) < 4.78 is 9.87. The minimum absolute atomic E-state index is 0.359. The molecule has 0 aliphatic rings. The van der Waals surface area contributed by atoms with Gasteiger partial charge in [-0.25, -0.2) is 0 Å². The Labute approximate surface area is 99.3 Å². The third-order valence-corrected chi connectivity index (χ3v) is 2.27.